The van der Waals surface area contributed by atoms with Crippen molar-refractivity contribution in [1.29, 1.82) is 0 Å². The zero-order valence-electron chi connectivity index (χ0n) is 19.5. The van der Waals surface area contributed by atoms with Crippen LogP contribution in [-0.4, -0.2) is 19.5 Å². The van der Waals surface area contributed by atoms with E-state index in [1.54, 1.807) is 6.20 Å². The molecule has 0 fully saturated rings. The summed E-state index contributed by atoms with van der Waals surface area (Å²) >= 11 is 0. The third kappa shape index (κ3) is 4.47. The molecule has 164 valence electrons. The second kappa shape index (κ2) is 10.5. The molecule has 1 aromatic carbocycles. The Morgan fingerprint density at radius 1 is 1.00 bits per heavy atom. The van der Waals surface area contributed by atoms with Crippen LogP contribution in [0, 0.1) is 0 Å². The number of aromatic nitrogens is 4. The highest BCUT2D eigenvalue weighted by atomic mass is 15.1. The Morgan fingerprint density at radius 3 is 2.38 bits per heavy atom. The van der Waals surface area contributed by atoms with E-state index in [2.05, 4.69) is 52.9 Å². The molecule has 0 bridgehead atoms. The van der Waals surface area contributed by atoms with E-state index < -0.39 is 0 Å². The standard InChI is InChI=1S/C25H25N5.C2H6/c1-4-8-18(6-3)21-14-15-22-25(28-21)30(19-12-10-17(5-2)11-13-19)24(29-22)20-9-7-16-27-23(20)26;1-2/h4,6-16H,5H2,1-3H3,(H2,26,27);1-2H3/b8-4-,18-6+;. The lowest BCUT2D eigenvalue weighted by Gasteiger charge is -2.11. The van der Waals surface area contributed by atoms with Crippen molar-refractivity contribution in [3.63, 3.8) is 0 Å². The third-order valence-electron chi connectivity index (χ3n) is 5.14. The minimum atomic E-state index is 0.447. The van der Waals surface area contributed by atoms with Crippen molar-refractivity contribution in [2.75, 3.05) is 5.73 Å². The molecular formula is C27H31N5. The molecule has 2 N–H and O–H groups in total. The van der Waals surface area contributed by atoms with Crippen LogP contribution in [0.15, 0.2) is 73.0 Å². The number of imidazole rings is 1. The number of benzene rings is 1. The quantitative estimate of drug-likeness (QED) is 0.364. The maximum Gasteiger partial charge on any atom is 0.165 e. The number of anilines is 1. The van der Waals surface area contributed by atoms with Gasteiger partial charge in [0.05, 0.1) is 11.3 Å². The van der Waals surface area contributed by atoms with Crippen molar-refractivity contribution >= 4 is 22.6 Å². The molecule has 32 heavy (non-hydrogen) atoms. The van der Waals surface area contributed by atoms with Gasteiger partial charge in [0, 0.05) is 11.9 Å². The average molecular weight is 426 g/mol. The van der Waals surface area contributed by atoms with Crippen molar-refractivity contribution in [1.82, 2.24) is 19.5 Å². The second-order valence-corrected chi connectivity index (χ2v) is 7.01. The van der Waals surface area contributed by atoms with E-state index in [4.69, 9.17) is 15.7 Å². The van der Waals surface area contributed by atoms with Crippen molar-refractivity contribution in [3.8, 4) is 17.1 Å². The van der Waals surface area contributed by atoms with Gasteiger partial charge < -0.3 is 5.73 Å². The molecule has 0 atom stereocenters. The van der Waals surface area contributed by atoms with Gasteiger partial charge in [0.2, 0.25) is 0 Å². The SMILES string of the molecule is C/C=C\C(=C/C)c1ccc2nc(-c3cccnc3N)n(-c3ccc(CC)cc3)c2n1.CC. The number of aryl methyl sites for hydroxylation is 1. The molecule has 4 aromatic rings. The zero-order chi connectivity index (χ0) is 23.1. The molecule has 0 saturated heterocycles. The summed E-state index contributed by atoms with van der Waals surface area (Å²) in [5, 5.41) is 0. The molecule has 0 spiro atoms. The van der Waals surface area contributed by atoms with Crippen LogP contribution in [-0.2, 0) is 6.42 Å². The molecule has 0 aliphatic carbocycles. The van der Waals surface area contributed by atoms with Crippen molar-refractivity contribution in [2.24, 2.45) is 0 Å². The maximum atomic E-state index is 6.20. The molecule has 0 aliphatic heterocycles. The van der Waals surface area contributed by atoms with E-state index in [-0.39, 0.29) is 0 Å². The highest BCUT2D eigenvalue weighted by Gasteiger charge is 2.18. The Hall–Kier alpha value is -3.73. The molecule has 0 radical (unpaired) electrons. The number of nitrogens with two attached hydrogens (primary N) is 1. The van der Waals surface area contributed by atoms with Crippen molar-refractivity contribution in [2.45, 2.75) is 41.0 Å². The Kier molecular flexibility index (Phi) is 7.55. The summed E-state index contributed by atoms with van der Waals surface area (Å²) in [5.41, 5.74) is 12.8. The van der Waals surface area contributed by atoms with Crippen LogP contribution in [0.2, 0.25) is 0 Å². The zero-order valence-corrected chi connectivity index (χ0v) is 19.5. The van der Waals surface area contributed by atoms with E-state index in [0.29, 0.717) is 5.82 Å². The summed E-state index contributed by atoms with van der Waals surface area (Å²) < 4.78 is 2.06. The van der Waals surface area contributed by atoms with Crippen LogP contribution in [0.3, 0.4) is 0 Å². The van der Waals surface area contributed by atoms with E-state index in [9.17, 15) is 0 Å². The van der Waals surface area contributed by atoms with Crippen molar-refractivity contribution in [3.05, 3.63) is 84.2 Å². The number of allylic oxidation sites excluding steroid dienone is 4. The number of fused-ring (bicyclic) bond motifs is 1. The Balaban J connectivity index is 0.00000141. The number of rotatable bonds is 5. The highest BCUT2D eigenvalue weighted by Crippen LogP contribution is 2.31. The second-order valence-electron chi connectivity index (χ2n) is 7.01. The van der Waals surface area contributed by atoms with Crippen LogP contribution in [0.4, 0.5) is 5.82 Å². The summed E-state index contributed by atoms with van der Waals surface area (Å²) in [6.07, 6.45) is 8.82. The third-order valence-corrected chi connectivity index (χ3v) is 5.14. The number of hydrogen-bond donors (Lipinski definition) is 1. The lowest BCUT2D eigenvalue weighted by atomic mass is 10.1. The largest absolute Gasteiger partial charge is 0.383 e. The topological polar surface area (TPSA) is 69.6 Å². The van der Waals surface area contributed by atoms with E-state index in [1.807, 2.05) is 58.0 Å². The molecule has 0 amide bonds. The van der Waals surface area contributed by atoms with E-state index in [0.717, 1.165) is 45.9 Å². The fraction of sp³-hybridized carbons (Fsp3) is 0.222. The van der Waals surface area contributed by atoms with Crippen LogP contribution in [0.5, 0.6) is 0 Å². The summed E-state index contributed by atoms with van der Waals surface area (Å²) in [7, 11) is 0. The van der Waals surface area contributed by atoms with Crippen LogP contribution >= 0.6 is 0 Å². The molecule has 4 rings (SSSR count). The minimum Gasteiger partial charge on any atom is -0.383 e. The van der Waals surface area contributed by atoms with E-state index in [1.165, 1.54) is 5.56 Å². The lowest BCUT2D eigenvalue weighted by Crippen LogP contribution is -2.02. The predicted molar refractivity (Wildman–Crippen MR) is 136 cm³/mol. The number of hydrogen-bond acceptors (Lipinski definition) is 4. The van der Waals surface area contributed by atoms with Gasteiger partial charge in [-0.25, -0.2) is 15.0 Å². The first-order valence-corrected chi connectivity index (χ1v) is 11.1. The molecule has 5 nitrogen and oxygen atoms in total. The fourth-order valence-corrected chi connectivity index (χ4v) is 3.54. The Morgan fingerprint density at radius 2 is 1.75 bits per heavy atom. The number of pyridine rings is 2. The van der Waals surface area contributed by atoms with Gasteiger partial charge in [-0.1, -0.05) is 51.1 Å². The monoisotopic (exact) mass is 425 g/mol. The van der Waals surface area contributed by atoms with Crippen LogP contribution < -0.4 is 5.73 Å². The summed E-state index contributed by atoms with van der Waals surface area (Å²) in [4.78, 5) is 14.1. The minimum absolute atomic E-state index is 0.447. The maximum absolute atomic E-state index is 6.20. The van der Waals surface area contributed by atoms with Gasteiger partial charge in [0.15, 0.2) is 11.5 Å². The molecule has 0 aliphatic rings. The molecule has 3 heterocycles. The lowest BCUT2D eigenvalue weighted by molar-refractivity contribution is 1.06. The van der Waals surface area contributed by atoms with Gasteiger partial charge in [0.1, 0.15) is 11.3 Å². The Bertz CT molecular complexity index is 1250. The summed E-state index contributed by atoms with van der Waals surface area (Å²) in [6.45, 7) is 10.2. The Labute approximate surface area is 190 Å². The first-order chi connectivity index (χ1) is 15.7. The molecule has 3 aromatic heterocycles. The van der Waals surface area contributed by atoms with Gasteiger partial charge in [-0.2, -0.15) is 0 Å². The van der Waals surface area contributed by atoms with Crippen LogP contribution in [0.25, 0.3) is 33.8 Å². The smallest absolute Gasteiger partial charge is 0.165 e. The molecule has 0 unspecified atom stereocenters. The predicted octanol–water partition coefficient (Wildman–Crippen LogP) is 6.63. The summed E-state index contributed by atoms with van der Waals surface area (Å²) in [6, 6.07) is 16.3. The summed E-state index contributed by atoms with van der Waals surface area (Å²) in [5.74, 6) is 1.18. The van der Waals surface area contributed by atoms with Gasteiger partial charge in [-0.05, 0) is 67.8 Å². The number of nitrogens with zero attached hydrogens (tertiary/aromatic N) is 4. The van der Waals surface area contributed by atoms with Crippen LogP contribution in [0.1, 0.15) is 45.9 Å². The first-order valence-electron chi connectivity index (χ1n) is 11.1. The molecule has 0 saturated carbocycles. The fourth-order valence-electron chi connectivity index (χ4n) is 3.54. The number of nitrogen functional groups attached to an aromatic ring is 1. The average Bonchev–Trinajstić information content (AvgIpc) is 3.22. The molecule has 5 heteroatoms. The van der Waals surface area contributed by atoms with Gasteiger partial charge in [-0.3, -0.25) is 4.57 Å². The van der Waals surface area contributed by atoms with Gasteiger partial charge in [-0.15, -0.1) is 0 Å². The van der Waals surface area contributed by atoms with Gasteiger partial charge >= 0.3 is 0 Å². The van der Waals surface area contributed by atoms with Gasteiger partial charge in [0.25, 0.3) is 0 Å². The van der Waals surface area contributed by atoms with E-state index >= 15 is 0 Å². The molecular weight excluding hydrogens is 394 g/mol. The van der Waals surface area contributed by atoms with Crippen molar-refractivity contribution < 1.29 is 0 Å². The first kappa shape index (κ1) is 22.9. The normalized spacial score (nSPS) is 11.6. The highest BCUT2D eigenvalue weighted by molar-refractivity contribution is 5.85.